The molecule has 1 aliphatic rings. The van der Waals surface area contributed by atoms with E-state index < -0.39 is 6.10 Å². The van der Waals surface area contributed by atoms with Crippen LogP contribution < -0.4 is 9.47 Å². The highest BCUT2D eigenvalue weighted by molar-refractivity contribution is 6.01. The summed E-state index contributed by atoms with van der Waals surface area (Å²) in [5.74, 6) is 1.25. The molecule has 0 aliphatic carbocycles. The minimum Gasteiger partial charge on any atom is -0.493 e. The predicted octanol–water partition coefficient (Wildman–Crippen LogP) is 3.03. The SMILES string of the molecule is COc1cccc(C2OC2C(=O)c2ccccc2)c1OC. The van der Waals surface area contributed by atoms with Crippen LogP contribution in [0.15, 0.2) is 48.5 Å². The molecule has 1 aliphatic heterocycles. The van der Waals surface area contributed by atoms with E-state index >= 15 is 0 Å². The van der Waals surface area contributed by atoms with Gasteiger partial charge >= 0.3 is 0 Å². The van der Waals surface area contributed by atoms with Crippen molar-refractivity contribution in [1.29, 1.82) is 0 Å². The van der Waals surface area contributed by atoms with Gasteiger partial charge in [-0.05, 0) is 6.07 Å². The number of para-hydroxylation sites is 1. The van der Waals surface area contributed by atoms with Gasteiger partial charge in [-0.25, -0.2) is 0 Å². The van der Waals surface area contributed by atoms with Crippen LogP contribution in [-0.4, -0.2) is 26.1 Å². The third kappa shape index (κ3) is 2.50. The number of ether oxygens (including phenoxy) is 3. The van der Waals surface area contributed by atoms with E-state index in [9.17, 15) is 4.79 Å². The molecule has 4 heteroatoms. The van der Waals surface area contributed by atoms with E-state index in [-0.39, 0.29) is 11.9 Å². The molecule has 2 aromatic carbocycles. The maximum absolute atomic E-state index is 12.3. The second kappa shape index (κ2) is 5.58. The lowest BCUT2D eigenvalue weighted by molar-refractivity contribution is 0.0953. The molecule has 0 amide bonds. The number of rotatable bonds is 5. The second-order valence-electron chi connectivity index (χ2n) is 4.79. The van der Waals surface area contributed by atoms with Gasteiger partial charge in [0.05, 0.1) is 14.2 Å². The molecule has 0 radical (unpaired) electrons. The van der Waals surface area contributed by atoms with Crippen molar-refractivity contribution in [2.24, 2.45) is 0 Å². The van der Waals surface area contributed by atoms with Crippen molar-refractivity contribution in [3.8, 4) is 11.5 Å². The van der Waals surface area contributed by atoms with Crippen LogP contribution in [0, 0.1) is 0 Å². The van der Waals surface area contributed by atoms with Gasteiger partial charge in [-0.15, -0.1) is 0 Å². The monoisotopic (exact) mass is 284 g/mol. The summed E-state index contributed by atoms with van der Waals surface area (Å²) < 4.78 is 16.2. The standard InChI is InChI=1S/C17H16O4/c1-19-13-10-6-9-12(15(13)20-2)16-17(21-16)14(18)11-7-4-3-5-8-11/h3-10,16-17H,1-2H3. The molecule has 0 bridgehead atoms. The van der Waals surface area contributed by atoms with Gasteiger partial charge in [0.1, 0.15) is 6.10 Å². The molecule has 1 heterocycles. The number of hydrogen-bond donors (Lipinski definition) is 0. The lowest BCUT2D eigenvalue weighted by atomic mass is 10.0. The van der Waals surface area contributed by atoms with Crippen LogP contribution in [0.3, 0.4) is 0 Å². The molecule has 1 fully saturated rings. The van der Waals surface area contributed by atoms with Gasteiger partial charge < -0.3 is 14.2 Å². The fraction of sp³-hybridized carbons (Fsp3) is 0.235. The van der Waals surface area contributed by atoms with E-state index in [4.69, 9.17) is 14.2 Å². The minimum atomic E-state index is -0.451. The van der Waals surface area contributed by atoms with Crippen molar-refractivity contribution in [1.82, 2.24) is 0 Å². The average Bonchev–Trinajstić information content (AvgIpc) is 3.34. The normalized spacial score (nSPS) is 19.9. The van der Waals surface area contributed by atoms with E-state index in [2.05, 4.69) is 0 Å². The summed E-state index contributed by atoms with van der Waals surface area (Å²) >= 11 is 0. The topological polar surface area (TPSA) is 48.1 Å². The molecule has 0 spiro atoms. The summed E-state index contributed by atoms with van der Waals surface area (Å²) in [5, 5.41) is 0. The Balaban J connectivity index is 1.84. The Hall–Kier alpha value is -2.33. The number of hydrogen-bond acceptors (Lipinski definition) is 4. The van der Waals surface area contributed by atoms with Crippen LogP contribution in [0.25, 0.3) is 0 Å². The average molecular weight is 284 g/mol. The summed E-state index contributed by atoms with van der Waals surface area (Å²) in [6.45, 7) is 0. The molecule has 108 valence electrons. The second-order valence-corrected chi connectivity index (χ2v) is 4.79. The van der Waals surface area contributed by atoms with Gasteiger partial charge in [0.25, 0.3) is 0 Å². The van der Waals surface area contributed by atoms with Crippen LogP contribution in [-0.2, 0) is 4.74 Å². The molecule has 2 aromatic rings. The summed E-state index contributed by atoms with van der Waals surface area (Å²) in [6.07, 6.45) is -0.726. The number of benzene rings is 2. The molecule has 0 N–H and O–H groups in total. The molecule has 1 saturated heterocycles. The fourth-order valence-electron chi connectivity index (χ4n) is 2.45. The highest BCUT2D eigenvalue weighted by Gasteiger charge is 2.47. The largest absolute Gasteiger partial charge is 0.493 e. The Bertz CT molecular complexity index is 651. The summed E-state index contributed by atoms with van der Waals surface area (Å²) in [5.41, 5.74) is 1.50. The van der Waals surface area contributed by atoms with Crippen LogP contribution in [0.4, 0.5) is 0 Å². The highest BCUT2D eigenvalue weighted by atomic mass is 16.6. The maximum Gasteiger partial charge on any atom is 0.194 e. The molecular formula is C17H16O4. The Morgan fingerprint density at radius 3 is 2.43 bits per heavy atom. The van der Waals surface area contributed by atoms with Crippen molar-refractivity contribution in [3.05, 3.63) is 59.7 Å². The fourth-order valence-corrected chi connectivity index (χ4v) is 2.45. The van der Waals surface area contributed by atoms with Crippen molar-refractivity contribution in [3.63, 3.8) is 0 Å². The van der Waals surface area contributed by atoms with Gasteiger partial charge in [-0.1, -0.05) is 42.5 Å². The van der Waals surface area contributed by atoms with Gasteiger partial charge in [0.15, 0.2) is 23.4 Å². The van der Waals surface area contributed by atoms with E-state index in [0.717, 1.165) is 5.56 Å². The lowest BCUT2D eigenvalue weighted by Gasteiger charge is -2.10. The molecule has 3 rings (SSSR count). The van der Waals surface area contributed by atoms with Crippen LogP contribution in [0.5, 0.6) is 11.5 Å². The van der Waals surface area contributed by atoms with E-state index in [0.29, 0.717) is 17.1 Å². The van der Waals surface area contributed by atoms with Gasteiger partial charge in [-0.2, -0.15) is 0 Å². The summed E-state index contributed by atoms with van der Waals surface area (Å²) in [7, 11) is 3.17. The molecule has 21 heavy (non-hydrogen) atoms. The zero-order chi connectivity index (χ0) is 14.8. The van der Waals surface area contributed by atoms with Crippen molar-refractivity contribution in [2.45, 2.75) is 12.2 Å². The summed E-state index contributed by atoms with van der Waals surface area (Å²) in [6, 6.07) is 14.7. The van der Waals surface area contributed by atoms with E-state index in [1.54, 1.807) is 26.4 Å². The number of carbonyl (C=O) groups is 1. The zero-order valence-electron chi connectivity index (χ0n) is 11.9. The Morgan fingerprint density at radius 2 is 1.76 bits per heavy atom. The quantitative estimate of drug-likeness (QED) is 0.625. The molecule has 2 atom stereocenters. The van der Waals surface area contributed by atoms with E-state index in [1.165, 1.54) is 0 Å². The Labute approximate surface area is 123 Å². The summed E-state index contributed by atoms with van der Waals surface area (Å²) in [4.78, 5) is 12.3. The number of ketones is 1. The van der Waals surface area contributed by atoms with Gasteiger partial charge in [-0.3, -0.25) is 4.79 Å². The maximum atomic E-state index is 12.3. The third-order valence-electron chi connectivity index (χ3n) is 3.55. The number of methoxy groups -OCH3 is 2. The smallest absolute Gasteiger partial charge is 0.194 e. The lowest BCUT2D eigenvalue weighted by Crippen LogP contribution is -2.08. The minimum absolute atomic E-state index is 0.00882. The van der Waals surface area contributed by atoms with Crippen molar-refractivity contribution in [2.75, 3.05) is 14.2 Å². The Kier molecular flexibility index (Phi) is 3.62. The first-order valence-electron chi connectivity index (χ1n) is 6.72. The first kappa shape index (κ1) is 13.6. The van der Waals surface area contributed by atoms with Crippen molar-refractivity contribution >= 4 is 5.78 Å². The predicted molar refractivity (Wildman–Crippen MR) is 77.9 cm³/mol. The van der Waals surface area contributed by atoms with Gasteiger partial charge in [0.2, 0.25) is 0 Å². The third-order valence-corrected chi connectivity index (χ3v) is 3.55. The number of Topliss-reactive ketones (excluding diaryl/α,β-unsaturated/α-hetero) is 1. The molecule has 0 aromatic heterocycles. The first-order valence-corrected chi connectivity index (χ1v) is 6.72. The molecule has 2 unspecified atom stereocenters. The highest BCUT2D eigenvalue weighted by Crippen LogP contribution is 2.47. The van der Waals surface area contributed by atoms with Crippen LogP contribution in [0.1, 0.15) is 22.0 Å². The number of carbonyl (C=O) groups excluding carboxylic acids is 1. The van der Waals surface area contributed by atoms with Gasteiger partial charge in [0, 0.05) is 11.1 Å². The molecular weight excluding hydrogens is 268 g/mol. The van der Waals surface area contributed by atoms with E-state index in [1.807, 2.05) is 36.4 Å². The van der Waals surface area contributed by atoms with Crippen LogP contribution in [0.2, 0.25) is 0 Å². The van der Waals surface area contributed by atoms with Crippen LogP contribution >= 0.6 is 0 Å². The van der Waals surface area contributed by atoms with Crippen molar-refractivity contribution < 1.29 is 19.0 Å². The first-order chi connectivity index (χ1) is 10.3. The zero-order valence-corrected chi connectivity index (χ0v) is 11.9. The molecule has 4 nitrogen and oxygen atoms in total. The number of epoxide rings is 1. The Morgan fingerprint density at radius 1 is 1.00 bits per heavy atom. The molecule has 0 saturated carbocycles.